The van der Waals surface area contributed by atoms with E-state index in [1.807, 2.05) is 44.4 Å². The molecule has 0 saturated carbocycles. The Balaban J connectivity index is 1.72. The monoisotopic (exact) mass is 468 g/mol. The van der Waals surface area contributed by atoms with E-state index >= 15 is 0 Å². The zero-order valence-corrected chi connectivity index (χ0v) is 19.4. The summed E-state index contributed by atoms with van der Waals surface area (Å²) in [6.07, 6.45) is 1.37. The Morgan fingerprint density at radius 1 is 1.15 bits per heavy atom. The smallest absolute Gasteiger partial charge is 0.310 e. The van der Waals surface area contributed by atoms with Gasteiger partial charge in [-0.25, -0.2) is 9.97 Å². The second kappa shape index (κ2) is 11.3. The molecule has 0 radical (unpaired) electrons. The van der Waals surface area contributed by atoms with Crippen LogP contribution in [0.3, 0.4) is 0 Å². The van der Waals surface area contributed by atoms with Gasteiger partial charge in [0.25, 0.3) is 0 Å². The number of rotatable bonds is 10. The number of benzene rings is 2. The number of ether oxygens (including phenoxy) is 2. The average Bonchev–Trinajstić information content (AvgIpc) is 2.80. The van der Waals surface area contributed by atoms with E-state index in [4.69, 9.17) is 25.9 Å². The van der Waals surface area contributed by atoms with Crippen LogP contribution in [0.5, 0.6) is 11.6 Å². The number of methoxy groups -OCH3 is 1. The van der Waals surface area contributed by atoms with Gasteiger partial charge in [0, 0.05) is 24.7 Å². The molecule has 0 unspecified atom stereocenters. The highest BCUT2D eigenvalue weighted by molar-refractivity contribution is 6.30. The van der Waals surface area contributed by atoms with Gasteiger partial charge < -0.3 is 14.4 Å². The van der Waals surface area contributed by atoms with Crippen molar-refractivity contribution in [1.82, 2.24) is 15.4 Å². The normalized spacial score (nSPS) is 10.4. The largest absolute Gasteiger partial charge is 0.469 e. The van der Waals surface area contributed by atoms with Crippen molar-refractivity contribution in [2.24, 2.45) is 0 Å². The van der Waals surface area contributed by atoms with Gasteiger partial charge in [-0.2, -0.15) is 0 Å². The number of esters is 1. The molecule has 2 aromatic carbocycles. The molecule has 0 amide bonds. The summed E-state index contributed by atoms with van der Waals surface area (Å²) < 4.78 is 10.8. The van der Waals surface area contributed by atoms with Gasteiger partial charge in [-0.15, -0.1) is 0 Å². The Labute approximate surface area is 197 Å². The molecule has 9 heteroatoms. The summed E-state index contributed by atoms with van der Waals surface area (Å²) in [6, 6.07) is 14.7. The molecule has 8 nitrogen and oxygen atoms in total. The van der Waals surface area contributed by atoms with Gasteiger partial charge in [0.1, 0.15) is 17.9 Å². The van der Waals surface area contributed by atoms with E-state index in [1.165, 1.54) is 13.4 Å². The van der Waals surface area contributed by atoms with Gasteiger partial charge in [-0.3, -0.25) is 15.1 Å². The number of nitrogens with one attached hydrogen (secondary N) is 1. The molecule has 0 saturated heterocycles. The van der Waals surface area contributed by atoms with Gasteiger partial charge >= 0.3 is 5.97 Å². The molecule has 0 spiro atoms. The Kier molecular flexibility index (Phi) is 8.23. The van der Waals surface area contributed by atoms with Gasteiger partial charge in [0.05, 0.1) is 31.4 Å². The second-order valence-electron chi connectivity index (χ2n) is 7.26. The maximum Gasteiger partial charge on any atom is 0.310 e. The molecule has 0 atom stereocenters. The van der Waals surface area contributed by atoms with Crippen molar-refractivity contribution in [3.8, 4) is 11.6 Å². The van der Waals surface area contributed by atoms with Crippen molar-refractivity contribution in [3.63, 3.8) is 0 Å². The molecule has 0 aliphatic heterocycles. The van der Waals surface area contributed by atoms with E-state index in [2.05, 4.69) is 22.0 Å². The fraction of sp³-hybridized carbons (Fsp3) is 0.208. The highest BCUT2D eigenvalue weighted by atomic mass is 35.5. The van der Waals surface area contributed by atoms with E-state index in [0.717, 1.165) is 11.1 Å². The topological polar surface area (TPSA) is 85.8 Å². The molecule has 0 fully saturated rings. The number of carbonyl (C=O) groups is 1. The molecule has 3 aromatic rings. The van der Waals surface area contributed by atoms with E-state index in [0.29, 0.717) is 34.5 Å². The minimum Gasteiger partial charge on any atom is -0.469 e. The number of nitrogens with zero attached hydrogens (tertiary/aromatic N) is 3. The fourth-order valence-electron chi connectivity index (χ4n) is 2.98. The third-order valence-electron chi connectivity index (χ3n) is 4.58. The van der Waals surface area contributed by atoms with Crippen LogP contribution in [0.4, 0.5) is 5.82 Å². The number of hydroxylamine groups is 1. The predicted octanol–water partition coefficient (Wildman–Crippen LogP) is 4.40. The fourth-order valence-corrected chi connectivity index (χ4v) is 3.20. The zero-order valence-electron chi connectivity index (χ0n) is 18.7. The molecule has 33 heavy (non-hydrogen) atoms. The first-order chi connectivity index (χ1) is 15.9. The van der Waals surface area contributed by atoms with Crippen LogP contribution in [-0.2, 0) is 27.4 Å². The second-order valence-corrected chi connectivity index (χ2v) is 7.69. The number of aromatic nitrogens is 2. The molecule has 3 rings (SSSR count). The summed E-state index contributed by atoms with van der Waals surface area (Å²) in [5.74, 6) is 0.940. The van der Waals surface area contributed by atoms with Gasteiger partial charge in [0.15, 0.2) is 0 Å². The lowest BCUT2D eigenvalue weighted by Crippen LogP contribution is -2.17. The summed E-state index contributed by atoms with van der Waals surface area (Å²) in [5, 5.41) is 0.647. The molecule has 0 aliphatic rings. The van der Waals surface area contributed by atoms with Crippen LogP contribution in [0.2, 0.25) is 5.02 Å². The number of halogens is 1. The molecule has 1 aromatic heterocycles. The van der Waals surface area contributed by atoms with Crippen LogP contribution in [-0.4, -0.2) is 37.1 Å². The standard InChI is InChI=1S/C24H25ClN4O4/c1-16(28-32-14-17-7-5-9-19(25)11-17)18-8-6-10-20(12-18)33-24-21(13-22(30)31-4)23(29(2)3)26-15-27-24/h5-12,15,28H,1,13-14H2,2-4H3. The van der Waals surface area contributed by atoms with Crippen LogP contribution >= 0.6 is 11.6 Å². The lowest BCUT2D eigenvalue weighted by atomic mass is 10.1. The first-order valence-electron chi connectivity index (χ1n) is 10.0. The van der Waals surface area contributed by atoms with Crippen molar-refractivity contribution in [1.29, 1.82) is 0 Å². The molecule has 1 N–H and O–H groups in total. The SMILES string of the molecule is C=C(NOCc1cccc(Cl)c1)c1cccc(Oc2ncnc(N(C)C)c2CC(=O)OC)c1. The van der Waals surface area contributed by atoms with E-state index in [-0.39, 0.29) is 12.3 Å². The number of hydrogen-bond acceptors (Lipinski definition) is 8. The van der Waals surface area contributed by atoms with Crippen LogP contribution in [0.25, 0.3) is 5.70 Å². The van der Waals surface area contributed by atoms with Gasteiger partial charge in [-0.05, 0) is 29.8 Å². The van der Waals surface area contributed by atoms with Crippen LogP contribution < -0.4 is 15.1 Å². The van der Waals surface area contributed by atoms with Crippen LogP contribution in [0, 0.1) is 0 Å². The molecule has 1 heterocycles. The summed E-state index contributed by atoms with van der Waals surface area (Å²) >= 11 is 6.00. The molecular weight excluding hydrogens is 444 g/mol. The summed E-state index contributed by atoms with van der Waals surface area (Å²) in [4.78, 5) is 27.7. The Bertz CT molecular complexity index is 1140. The summed E-state index contributed by atoms with van der Waals surface area (Å²) in [5.41, 5.74) is 5.61. The van der Waals surface area contributed by atoms with E-state index < -0.39 is 5.97 Å². The maximum atomic E-state index is 11.9. The van der Waals surface area contributed by atoms with E-state index in [9.17, 15) is 4.79 Å². The Hall–Kier alpha value is -3.62. The van der Waals surface area contributed by atoms with Crippen molar-refractivity contribution in [2.45, 2.75) is 13.0 Å². The van der Waals surface area contributed by atoms with E-state index in [1.54, 1.807) is 23.1 Å². The first-order valence-corrected chi connectivity index (χ1v) is 10.4. The third kappa shape index (κ3) is 6.68. The number of anilines is 1. The Morgan fingerprint density at radius 2 is 1.94 bits per heavy atom. The predicted molar refractivity (Wildman–Crippen MR) is 127 cm³/mol. The first kappa shape index (κ1) is 24.0. The van der Waals surface area contributed by atoms with Crippen molar-refractivity contribution < 1.29 is 19.1 Å². The molecular formula is C24H25ClN4O4. The summed E-state index contributed by atoms with van der Waals surface area (Å²) in [7, 11) is 4.98. The molecule has 0 aliphatic carbocycles. The maximum absolute atomic E-state index is 11.9. The van der Waals surface area contributed by atoms with Crippen molar-refractivity contribution in [3.05, 3.63) is 83.2 Å². The lowest BCUT2D eigenvalue weighted by Gasteiger charge is -2.18. The van der Waals surface area contributed by atoms with Crippen molar-refractivity contribution in [2.75, 3.05) is 26.1 Å². The minimum absolute atomic E-state index is 0.0223. The van der Waals surface area contributed by atoms with Crippen molar-refractivity contribution >= 4 is 29.1 Å². The molecule has 0 bridgehead atoms. The quantitative estimate of drug-likeness (QED) is 0.346. The van der Waals surface area contributed by atoms with Crippen LogP contribution in [0.15, 0.2) is 61.4 Å². The zero-order chi connectivity index (χ0) is 23.8. The average molecular weight is 469 g/mol. The number of hydrogen-bond donors (Lipinski definition) is 1. The third-order valence-corrected chi connectivity index (χ3v) is 4.81. The van der Waals surface area contributed by atoms with Gasteiger partial charge in [-0.1, -0.05) is 42.4 Å². The minimum atomic E-state index is -0.416. The Morgan fingerprint density at radius 3 is 2.67 bits per heavy atom. The van der Waals surface area contributed by atoms with Gasteiger partial charge in [0.2, 0.25) is 5.88 Å². The number of carbonyl (C=O) groups excluding carboxylic acids is 1. The highest BCUT2D eigenvalue weighted by Gasteiger charge is 2.19. The highest BCUT2D eigenvalue weighted by Crippen LogP contribution is 2.30. The van der Waals surface area contributed by atoms with Crippen LogP contribution in [0.1, 0.15) is 16.7 Å². The molecule has 172 valence electrons. The summed E-state index contributed by atoms with van der Waals surface area (Å²) in [6.45, 7) is 4.34. The lowest BCUT2D eigenvalue weighted by molar-refractivity contribution is -0.139.